The molecule has 0 amide bonds. The maximum Gasteiger partial charge on any atom is 0.0634 e. The first-order valence-electron chi connectivity index (χ1n) is 5.31. The average molecular weight is 207 g/mol. The fourth-order valence-electron chi connectivity index (χ4n) is 1.84. The molecule has 0 aromatic carbocycles. The molecule has 4 heteroatoms. The molecule has 0 spiro atoms. The van der Waals surface area contributed by atoms with Crippen LogP contribution >= 0.6 is 0 Å². The first-order valence-corrected chi connectivity index (χ1v) is 5.31. The normalized spacial score (nSPS) is 22.9. The first kappa shape index (κ1) is 10.5. The molecule has 2 rings (SSSR count). The van der Waals surface area contributed by atoms with E-state index in [0.717, 1.165) is 26.3 Å². The maximum absolute atomic E-state index is 5.71. The van der Waals surface area contributed by atoms with Crippen LogP contribution in [0.1, 0.15) is 5.56 Å². The van der Waals surface area contributed by atoms with Gasteiger partial charge in [0.1, 0.15) is 0 Å². The molecule has 1 fully saturated rings. The Morgan fingerprint density at radius 1 is 1.47 bits per heavy atom. The zero-order valence-corrected chi connectivity index (χ0v) is 8.80. The number of ether oxygens (including phenoxy) is 1. The fraction of sp³-hybridized carbons (Fsp3) is 0.545. The zero-order valence-electron chi connectivity index (χ0n) is 8.80. The predicted molar refractivity (Wildman–Crippen MR) is 58.3 cm³/mol. The highest BCUT2D eigenvalue weighted by Gasteiger charge is 2.21. The van der Waals surface area contributed by atoms with Crippen LogP contribution in [0.15, 0.2) is 24.5 Å². The summed E-state index contributed by atoms with van der Waals surface area (Å²) in [6.45, 7) is 4.12. The monoisotopic (exact) mass is 207 g/mol. The largest absolute Gasteiger partial charge is 0.378 e. The molecule has 15 heavy (non-hydrogen) atoms. The van der Waals surface area contributed by atoms with E-state index in [4.69, 9.17) is 10.5 Å². The molecule has 1 aromatic rings. The van der Waals surface area contributed by atoms with Crippen molar-refractivity contribution < 1.29 is 4.74 Å². The van der Waals surface area contributed by atoms with Gasteiger partial charge in [0.15, 0.2) is 0 Å². The highest BCUT2D eigenvalue weighted by Crippen LogP contribution is 2.10. The summed E-state index contributed by atoms with van der Waals surface area (Å²) in [6, 6.07) is 4.44. The topological polar surface area (TPSA) is 51.4 Å². The van der Waals surface area contributed by atoms with Gasteiger partial charge < -0.3 is 10.5 Å². The highest BCUT2D eigenvalue weighted by molar-refractivity contribution is 5.09. The van der Waals surface area contributed by atoms with E-state index in [9.17, 15) is 0 Å². The Hall–Kier alpha value is -0.970. The Morgan fingerprint density at radius 3 is 3.00 bits per heavy atom. The molecular formula is C11H17N3O. The summed E-state index contributed by atoms with van der Waals surface area (Å²) in [5, 5.41) is 0. The minimum atomic E-state index is 0.354. The summed E-state index contributed by atoms with van der Waals surface area (Å²) in [5.41, 5.74) is 7.00. The van der Waals surface area contributed by atoms with Gasteiger partial charge in [0.25, 0.3) is 0 Å². The van der Waals surface area contributed by atoms with Gasteiger partial charge in [-0.05, 0) is 17.7 Å². The number of morpholine rings is 1. The van der Waals surface area contributed by atoms with E-state index < -0.39 is 0 Å². The molecule has 1 aliphatic rings. The summed E-state index contributed by atoms with van der Waals surface area (Å²) < 4.78 is 5.41. The van der Waals surface area contributed by atoms with E-state index in [1.807, 2.05) is 24.5 Å². The third kappa shape index (κ3) is 2.75. The Kier molecular flexibility index (Phi) is 3.66. The summed E-state index contributed by atoms with van der Waals surface area (Å²) in [5.74, 6) is 0. The van der Waals surface area contributed by atoms with E-state index in [0.29, 0.717) is 12.6 Å². The van der Waals surface area contributed by atoms with E-state index in [-0.39, 0.29) is 0 Å². The number of aromatic nitrogens is 1. The molecule has 0 saturated carbocycles. The van der Waals surface area contributed by atoms with Gasteiger partial charge in [-0.2, -0.15) is 0 Å². The predicted octanol–water partition coefficient (Wildman–Crippen LogP) is 0.241. The lowest BCUT2D eigenvalue weighted by Crippen LogP contribution is -2.48. The van der Waals surface area contributed by atoms with Crippen molar-refractivity contribution >= 4 is 0 Å². The van der Waals surface area contributed by atoms with Crippen LogP contribution in [0.3, 0.4) is 0 Å². The summed E-state index contributed by atoms with van der Waals surface area (Å²) in [4.78, 5) is 6.38. The van der Waals surface area contributed by atoms with E-state index in [1.54, 1.807) is 0 Å². The van der Waals surface area contributed by atoms with Crippen LogP contribution in [0.25, 0.3) is 0 Å². The summed E-state index contributed by atoms with van der Waals surface area (Å²) in [7, 11) is 0. The maximum atomic E-state index is 5.71. The second-order valence-electron chi connectivity index (χ2n) is 3.79. The summed E-state index contributed by atoms with van der Waals surface area (Å²) in [6.07, 6.45) is 3.65. The first-order chi connectivity index (χ1) is 7.40. The molecule has 2 N–H and O–H groups in total. The average Bonchev–Trinajstić information content (AvgIpc) is 2.31. The van der Waals surface area contributed by atoms with E-state index in [2.05, 4.69) is 9.88 Å². The minimum Gasteiger partial charge on any atom is -0.378 e. The van der Waals surface area contributed by atoms with Gasteiger partial charge in [-0.15, -0.1) is 0 Å². The second-order valence-corrected chi connectivity index (χ2v) is 3.79. The third-order valence-electron chi connectivity index (χ3n) is 2.76. The van der Waals surface area contributed by atoms with Crippen molar-refractivity contribution in [2.45, 2.75) is 12.6 Å². The van der Waals surface area contributed by atoms with Gasteiger partial charge in [0.2, 0.25) is 0 Å². The van der Waals surface area contributed by atoms with Gasteiger partial charge in [0.05, 0.1) is 13.2 Å². The van der Waals surface area contributed by atoms with Crippen LogP contribution in [-0.2, 0) is 11.3 Å². The Labute approximate surface area is 90.0 Å². The Balaban J connectivity index is 1.97. The molecule has 1 atom stereocenters. The van der Waals surface area contributed by atoms with E-state index >= 15 is 0 Å². The molecule has 1 unspecified atom stereocenters. The number of hydrogen-bond donors (Lipinski definition) is 1. The van der Waals surface area contributed by atoms with Crippen LogP contribution in [-0.4, -0.2) is 42.2 Å². The van der Waals surface area contributed by atoms with Crippen molar-refractivity contribution in [2.24, 2.45) is 5.73 Å². The highest BCUT2D eigenvalue weighted by atomic mass is 16.5. The smallest absolute Gasteiger partial charge is 0.0634 e. The quantitative estimate of drug-likeness (QED) is 0.771. The number of nitrogens with zero attached hydrogens (tertiary/aromatic N) is 2. The lowest BCUT2D eigenvalue weighted by molar-refractivity contribution is -0.00793. The van der Waals surface area contributed by atoms with Crippen LogP contribution in [0, 0.1) is 0 Å². The van der Waals surface area contributed by atoms with Crippen LogP contribution in [0.5, 0.6) is 0 Å². The number of hydrogen-bond acceptors (Lipinski definition) is 4. The second kappa shape index (κ2) is 5.21. The van der Waals surface area contributed by atoms with Crippen molar-refractivity contribution in [3.63, 3.8) is 0 Å². The fourth-order valence-corrected chi connectivity index (χ4v) is 1.84. The lowest BCUT2D eigenvalue weighted by atomic mass is 10.2. The molecule has 1 aliphatic heterocycles. The molecule has 2 heterocycles. The zero-order chi connectivity index (χ0) is 10.5. The van der Waals surface area contributed by atoms with Gasteiger partial charge >= 0.3 is 0 Å². The van der Waals surface area contributed by atoms with Crippen molar-refractivity contribution in [1.29, 1.82) is 0 Å². The SMILES string of the molecule is NCC1COCCN1Cc1ccncc1. The molecule has 4 nitrogen and oxygen atoms in total. The van der Waals surface area contributed by atoms with Crippen LogP contribution in [0.4, 0.5) is 0 Å². The number of nitrogens with two attached hydrogens (primary N) is 1. The third-order valence-corrected chi connectivity index (χ3v) is 2.76. The molecule has 0 aliphatic carbocycles. The molecule has 1 aromatic heterocycles. The molecule has 0 bridgehead atoms. The van der Waals surface area contributed by atoms with Crippen molar-refractivity contribution in [2.75, 3.05) is 26.3 Å². The minimum absolute atomic E-state index is 0.354. The van der Waals surface area contributed by atoms with Gasteiger partial charge in [-0.1, -0.05) is 0 Å². The van der Waals surface area contributed by atoms with E-state index in [1.165, 1.54) is 5.56 Å². The Morgan fingerprint density at radius 2 is 2.27 bits per heavy atom. The van der Waals surface area contributed by atoms with Crippen molar-refractivity contribution in [3.05, 3.63) is 30.1 Å². The standard InChI is InChI=1S/C11H17N3O/c12-7-11-9-15-6-5-14(11)8-10-1-3-13-4-2-10/h1-4,11H,5-9,12H2. The molecule has 0 radical (unpaired) electrons. The van der Waals surface area contributed by atoms with Crippen molar-refractivity contribution in [3.8, 4) is 0 Å². The Bertz CT molecular complexity index is 291. The molecule has 82 valence electrons. The lowest BCUT2D eigenvalue weighted by Gasteiger charge is -2.34. The molecular weight excluding hydrogens is 190 g/mol. The van der Waals surface area contributed by atoms with Crippen LogP contribution < -0.4 is 5.73 Å². The number of rotatable bonds is 3. The van der Waals surface area contributed by atoms with Gasteiger partial charge in [0, 0.05) is 38.1 Å². The van der Waals surface area contributed by atoms with Crippen LogP contribution in [0.2, 0.25) is 0 Å². The van der Waals surface area contributed by atoms with Gasteiger partial charge in [-0.25, -0.2) is 0 Å². The van der Waals surface area contributed by atoms with Gasteiger partial charge in [-0.3, -0.25) is 9.88 Å². The van der Waals surface area contributed by atoms with Crippen molar-refractivity contribution in [1.82, 2.24) is 9.88 Å². The summed E-state index contributed by atoms with van der Waals surface area (Å²) >= 11 is 0. The number of pyridine rings is 1. The molecule has 1 saturated heterocycles.